The molecule has 5 nitrogen and oxygen atoms in total. The largest absolute Gasteiger partial charge is 0.442 e. The minimum absolute atomic E-state index is 0.0768. The average Bonchev–Trinajstić information content (AvgIpc) is 2.69. The van der Waals surface area contributed by atoms with Crippen LogP contribution < -0.4 is 0 Å². The Balaban J connectivity index is 1.65. The number of esters is 1. The van der Waals surface area contributed by atoms with Crippen LogP contribution in [0.15, 0.2) is 59.1 Å². The third-order valence-electron chi connectivity index (χ3n) is 5.54. The van der Waals surface area contributed by atoms with Gasteiger partial charge in [-0.25, -0.2) is 4.79 Å². The lowest BCUT2D eigenvalue weighted by Gasteiger charge is -2.58. The minimum atomic E-state index is -0.690. The Morgan fingerprint density at radius 3 is 2.56 bits per heavy atom. The molecule has 0 aromatic heterocycles. The molecule has 0 unspecified atom stereocenters. The third-order valence-corrected chi connectivity index (χ3v) is 6.07. The summed E-state index contributed by atoms with van der Waals surface area (Å²) < 4.78 is 6.97. The highest BCUT2D eigenvalue weighted by molar-refractivity contribution is 9.10. The molecule has 0 spiro atoms. The summed E-state index contributed by atoms with van der Waals surface area (Å²) in [6, 6.07) is 17.1. The van der Waals surface area contributed by atoms with Crippen LogP contribution in [0.1, 0.15) is 30.4 Å². The molecule has 2 atom stereocenters. The summed E-state index contributed by atoms with van der Waals surface area (Å²) in [6.45, 7) is 1.71. The molecule has 6 heteroatoms. The van der Waals surface area contributed by atoms with Crippen molar-refractivity contribution in [3.8, 4) is 0 Å². The van der Waals surface area contributed by atoms with E-state index >= 15 is 0 Å². The Kier molecular flexibility index (Phi) is 4.96. The van der Waals surface area contributed by atoms with Crippen molar-refractivity contribution in [3.05, 3.63) is 75.7 Å². The maximum Gasteiger partial charge on any atom is 0.423 e. The number of piperidine rings is 1. The van der Waals surface area contributed by atoms with Gasteiger partial charge in [0, 0.05) is 11.0 Å². The van der Waals surface area contributed by atoms with Gasteiger partial charge in [-0.1, -0.05) is 52.7 Å². The number of carbonyl (C=O) groups excluding carboxylic acids is 1. The fourth-order valence-electron chi connectivity index (χ4n) is 4.20. The second-order valence-electron chi connectivity index (χ2n) is 7.08. The molecular weight excluding hydrogens is 406 g/mol. The Morgan fingerprint density at radius 1 is 1.15 bits per heavy atom. The van der Waals surface area contributed by atoms with Gasteiger partial charge in [0.15, 0.2) is 5.60 Å². The van der Waals surface area contributed by atoms with Crippen molar-refractivity contribution in [2.45, 2.75) is 30.9 Å². The number of fused-ring (bicyclic) bond motifs is 1. The zero-order valence-electron chi connectivity index (χ0n) is 14.8. The molecule has 0 aliphatic carbocycles. The summed E-state index contributed by atoms with van der Waals surface area (Å²) in [4.78, 5) is 18.6. The number of ether oxygens (including phenoxy) is 1. The lowest BCUT2D eigenvalue weighted by Crippen LogP contribution is -2.70. The lowest BCUT2D eigenvalue weighted by atomic mass is 9.73. The number of nitrogens with zero attached hydrogens (tertiary/aromatic N) is 3. The van der Waals surface area contributed by atoms with Crippen LogP contribution in [0.5, 0.6) is 0 Å². The topological polar surface area (TPSA) is 65.9 Å². The minimum Gasteiger partial charge on any atom is -0.442 e. The van der Waals surface area contributed by atoms with Gasteiger partial charge in [-0.3, -0.25) is 4.90 Å². The summed E-state index contributed by atoms with van der Waals surface area (Å²) in [5.74, 6) is -0.603. The van der Waals surface area contributed by atoms with Crippen LogP contribution >= 0.6 is 15.9 Å². The number of carbonyl (C=O) groups is 1. The second kappa shape index (κ2) is 7.39. The van der Waals surface area contributed by atoms with E-state index in [0.717, 1.165) is 29.4 Å². The molecule has 2 fully saturated rings. The highest BCUT2D eigenvalue weighted by Gasteiger charge is 2.58. The summed E-state index contributed by atoms with van der Waals surface area (Å²) in [6.07, 6.45) is 3.30. The fourth-order valence-corrected chi connectivity index (χ4v) is 4.47. The molecule has 0 radical (unpaired) electrons. The van der Waals surface area contributed by atoms with Crippen molar-refractivity contribution in [1.29, 1.82) is 0 Å². The number of hydrogen-bond acceptors (Lipinski definition) is 3. The molecule has 138 valence electrons. The van der Waals surface area contributed by atoms with Crippen LogP contribution in [0, 0.1) is 0 Å². The van der Waals surface area contributed by atoms with Gasteiger partial charge in [-0.2, -0.15) is 4.79 Å². The molecule has 0 amide bonds. The zero-order valence-corrected chi connectivity index (χ0v) is 16.4. The number of benzene rings is 2. The first-order chi connectivity index (χ1) is 13.1. The van der Waals surface area contributed by atoms with Crippen LogP contribution in [0.2, 0.25) is 0 Å². The van der Waals surface area contributed by atoms with E-state index in [1.807, 2.05) is 30.3 Å². The van der Waals surface area contributed by atoms with Gasteiger partial charge in [-0.15, -0.1) is 0 Å². The van der Waals surface area contributed by atoms with Gasteiger partial charge in [0.1, 0.15) is 0 Å². The van der Waals surface area contributed by atoms with E-state index < -0.39 is 11.6 Å². The van der Waals surface area contributed by atoms with Gasteiger partial charge in [-0.05, 0) is 49.2 Å². The van der Waals surface area contributed by atoms with Crippen molar-refractivity contribution < 1.29 is 14.3 Å². The Bertz CT molecular complexity index is 893. The van der Waals surface area contributed by atoms with Crippen LogP contribution in [0.3, 0.4) is 0 Å². The van der Waals surface area contributed by atoms with Crippen LogP contribution in [0.25, 0.3) is 5.53 Å². The van der Waals surface area contributed by atoms with E-state index in [9.17, 15) is 10.3 Å². The molecule has 4 rings (SSSR count). The SMILES string of the molecule is [N-]=[N+]=C(C(=O)O[C@@]1(c2ccccc2)CN2CCCC[C@H]21)c1ccc(Br)cc1. The smallest absolute Gasteiger partial charge is 0.423 e. The molecule has 2 heterocycles. The summed E-state index contributed by atoms with van der Waals surface area (Å²) in [7, 11) is 0. The van der Waals surface area contributed by atoms with Gasteiger partial charge >= 0.3 is 11.7 Å². The maximum atomic E-state index is 13.0. The van der Waals surface area contributed by atoms with Crippen molar-refractivity contribution >= 4 is 27.6 Å². The predicted octanol–water partition coefficient (Wildman–Crippen LogP) is 3.77. The van der Waals surface area contributed by atoms with Gasteiger partial charge in [0.05, 0.1) is 11.6 Å². The Hall–Kier alpha value is -2.27. The summed E-state index contributed by atoms with van der Waals surface area (Å²) in [5.41, 5.74) is 10.2. The highest BCUT2D eigenvalue weighted by Crippen LogP contribution is 2.46. The molecule has 0 saturated carbocycles. The van der Waals surface area contributed by atoms with E-state index in [2.05, 4.69) is 25.6 Å². The predicted molar refractivity (Wildman–Crippen MR) is 105 cm³/mol. The fraction of sp³-hybridized carbons (Fsp3) is 0.333. The van der Waals surface area contributed by atoms with Gasteiger partial charge in [0.2, 0.25) is 0 Å². The van der Waals surface area contributed by atoms with Crippen molar-refractivity contribution in [1.82, 2.24) is 4.90 Å². The van der Waals surface area contributed by atoms with Crippen molar-refractivity contribution in [3.63, 3.8) is 0 Å². The molecule has 2 aromatic carbocycles. The lowest BCUT2D eigenvalue weighted by molar-refractivity contribution is -0.207. The molecule has 2 aliphatic rings. The quantitative estimate of drug-likeness (QED) is 0.324. The van der Waals surface area contributed by atoms with E-state index in [-0.39, 0.29) is 11.8 Å². The first-order valence-electron chi connectivity index (χ1n) is 9.15. The standard InChI is InChI=1S/C21H20BrN3O2/c22-17-11-9-15(10-12-17)19(24-23)20(26)27-21(16-6-2-1-3-7-16)14-25-13-5-4-8-18(21)25/h1-3,6-7,9-12,18H,4-5,8,13-14H2/t18-,21+/m0/s1. The number of hydrogen-bond donors (Lipinski definition) is 0. The van der Waals surface area contributed by atoms with Gasteiger partial charge < -0.3 is 10.3 Å². The average molecular weight is 426 g/mol. The normalized spacial score (nSPS) is 24.3. The van der Waals surface area contributed by atoms with E-state index in [1.54, 1.807) is 24.3 Å². The molecular formula is C21H20BrN3O2. The zero-order chi connectivity index (χ0) is 18.9. The van der Waals surface area contributed by atoms with E-state index in [4.69, 9.17) is 4.74 Å². The van der Waals surface area contributed by atoms with Crippen molar-refractivity contribution in [2.24, 2.45) is 0 Å². The maximum absolute atomic E-state index is 13.0. The number of rotatable bonds is 4. The van der Waals surface area contributed by atoms with Crippen LogP contribution in [-0.4, -0.2) is 40.5 Å². The second-order valence-corrected chi connectivity index (χ2v) is 8.00. The highest BCUT2D eigenvalue weighted by atomic mass is 79.9. The van der Waals surface area contributed by atoms with Gasteiger partial charge in [0.25, 0.3) is 0 Å². The molecule has 27 heavy (non-hydrogen) atoms. The third kappa shape index (κ3) is 3.25. The molecule has 0 N–H and O–H groups in total. The first kappa shape index (κ1) is 18.1. The van der Waals surface area contributed by atoms with Crippen LogP contribution in [-0.2, 0) is 15.1 Å². The van der Waals surface area contributed by atoms with Crippen LogP contribution in [0.4, 0.5) is 0 Å². The molecule has 2 saturated heterocycles. The van der Waals surface area contributed by atoms with Crippen molar-refractivity contribution in [2.75, 3.05) is 13.1 Å². The summed E-state index contributed by atoms with van der Waals surface area (Å²) in [5, 5.41) is 0. The summed E-state index contributed by atoms with van der Waals surface area (Å²) >= 11 is 3.37. The Labute approximate surface area is 166 Å². The van der Waals surface area contributed by atoms with E-state index in [0.29, 0.717) is 12.1 Å². The first-order valence-corrected chi connectivity index (χ1v) is 9.94. The Morgan fingerprint density at radius 2 is 1.89 bits per heavy atom. The van der Waals surface area contributed by atoms with E-state index in [1.165, 1.54) is 6.42 Å². The monoisotopic (exact) mass is 425 g/mol. The number of halogens is 1. The molecule has 0 bridgehead atoms. The molecule has 2 aromatic rings. The molecule has 2 aliphatic heterocycles.